The number of anilines is 1. The van der Waals surface area contributed by atoms with Gasteiger partial charge in [-0.25, -0.2) is 0 Å². The molecule has 8 heteroatoms. The molecule has 1 aliphatic heterocycles. The first-order valence-corrected chi connectivity index (χ1v) is 9.34. The van der Waals surface area contributed by atoms with Crippen LogP contribution < -0.4 is 16.0 Å². The summed E-state index contributed by atoms with van der Waals surface area (Å²) >= 11 is 5.94. The molecule has 1 aliphatic carbocycles. The highest BCUT2D eigenvalue weighted by atomic mass is 127. The van der Waals surface area contributed by atoms with Crippen LogP contribution in [0.3, 0.4) is 0 Å². The lowest BCUT2D eigenvalue weighted by Crippen LogP contribution is -2.51. The maximum absolute atomic E-state index is 11.6. The van der Waals surface area contributed by atoms with Gasteiger partial charge < -0.3 is 20.9 Å². The minimum atomic E-state index is 0. The van der Waals surface area contributed by atoms with Crippen LogP contribution in [0.25, 0.3) is 0 Å². The van der Waals surface area contributed by atoms with Gasteiger partial charge in [0.2, 0.25) is 5.91 Å². The van der Waals surface area contributed by atoms with Gasteiger partial charge in [0.05, 0.1) is 0 Å². The van der Waals surface area contributed by atoms with E-state index in [1.54, 1.807) is 0 Å². The molecular formula is C18H27ClIN5O. The molecule has 3 N–H and O–H groups in total. The normalized spacial score (nSPS) is 17.7. The Morgan fingerprint density at radius 1 is 1.19 bits per heavy atom. The molecule has 1 aromatic carbocycles. The van der Waals surface area contributed by atoms with Crippen molar-refractivity contribution in [3.8, 4) is 0 Å². The van der Waals surface area contributed by atoms with Crippen LogP contribution in [0, 0.1) is 0 Å². The fourth-order valence-electron chi connectivity index (χ4n) is 2.91. The van der Waals surface area contributed by atoms with Crippen LogP contribution in [-0.4, -0.2) is 55.5 Å². The molecule has 1 saturated heterocycles. The van der Waals surface area contributed by atoms with Crippen molar-refractivity contribution in [2.75, 3.05) is 37.6 Å². The van der Waals surface area contributed by atoms with E-state index in [9.17, 15) is 4.79 Å². The minimum Gasteiger partial charge on any atom is -0.370 e. The van der Waals surface area contributed by atoms with Crippen LogP contribution in [0.1, 0.15) is 25.7 Å². The summed E-state index contributed by atoms with van der Waals surface area (Å²) in [5.74, 6) is 0.714. The third kappa shape index (κ3) is 6.50. The lowest BCUT2D eigenvalue weighted by atomic mass is 10.2. The Labute approximate surface area is 177 Å². The SMILES string of the molecule is I.NC(=NCCCC(=O)NC1CC1)N1CCN(c2ccc(Cl)cc2)CC1. The summed E-state index contributed by atoms with van der Waals surface area (Å²) in [4.78, 5) is 20.5. The van der Waals surface area contributed by atoms with Gasteiger partial charge in [-0.15, -0.1) is 24.0 Å². The summed E-state index contributed by atoms with van der Waals surface area (Å²) in [6, 6.07) is 8.35. The largest absolute Gasteiger partial charge is 0.370 e. The molecule has 1 amide bonds. The number of aliphatic imine (C=N–C) groups is 1. The molecule has 0 atom stereocenters. The maximum atomic E-state index is 11.6. The number of hydrogen-bond donors (Lipinski definition) is 2. The van der Waals surface area contributed by atoms with Gasteiger partial charge >= 0.3 is 0 Å². The van der Waals surface area contributed by atoms with Crippen LogP contribution in [0.4, 0.5) is 5.69 Å². The van der Waals surface area contributed by atoms with E-state index in [1.807, 2.05) is 24.3 Å². The first-order valence-electron chi connectivity index (χ1n) is 8.96. The Balaban J connectivity index is 0.00000243. The zero-order valence-corrected chi connectivity index (χ0v) is 18.0. The second-order valence-corrected chi connectivity index (χ2v) is 7.07. The molecule has 26 heavy (non-hydrogen) atoms. The van der Waals surface area contributed by atoms with Gasteiger partial charge in [-0.1, -0.05) is 11.6 Å². The van der Waals surface area contributed by atoms with Crippen LogP contribution >= 0.6 is 35.6 Å². The monoisotopic (exact) mass is 491 g/mol. The number of piperazine rings is 1. The van der Waals surface area contributed by atoms with Crippen molar-refractivity contribution in [3.05, 3.63) is 29.3 Å². The number of guanidine groups is 1. The Morgan fingerprint density at radius 2 is 1.85 bits per heavy atom. The van der Waals surface area contributed by atoms with E-state index in [1.165, 1.54) is 5.69 Å². The highest BCUT2D eigenvalue weighted by Gasteiger charge is 2.22. The van der Waals surface area contributed by atoms with Gasteiger partial charge in [-0.05, 0) is 43.5 Å². The molecule has 0 unspecified atom stereocenters. The van der Waals surface area contributed by atoms with Crippen LogP contribution in [-0.2, 0) is 4.79 Å². The highest BCUT2D eigenvalue weighted by Crippen LogP contribution is 2.20. The average Bonchev–Trinajstić information content (AvgIpc) is 3.43. The fraction of sp³-hybridized carbons (Fsp3) is 0.556. The Morgan fingerprint density at radius 3 is 2.46 bits per heavy atom. The molecule has 0 aromatic heterocycles. The standard InChI is InChI=1S/C18H26ClN5O.HI/c19-14-3-7-16(8-4-14)23-10-12-24(13-11-23)18(20)21-9-1-2-17(25)22-15-5-6-15;/h3-4,7-8,15H,1-2,5-6,9-13H2,(H2,20,21)(H,22,25);1H. The van der Waals surface area contributed by atoms with Gasteiger partial charge in [-0.2, -0.15) is 0 Å². The summed E-state index contributed by atoms with van der Waals surface area (Å²) in [6.07, 6.45) is 3.51. The average molecular weight is 492 g/mol. The molecule has 1 saturated carbocycles. The molecule has 6 nitrogen and oxygen atoms in total. The number of halogens is 2. The van der Waals surface area contributed by atoms with Crippen molar-refractivity contribution < 1.29 is 4.79 Å². The van der Waals surface area contributed by atoms with E-state index >= 15 is 0 Å². The predicted octanol–water partition coefficient (Wildman–Crippen LogP) is 2.45. The van der Waals surface area contributed by atoms with Crippen molar-refractivity contribution in [1.82, 2.24) is 10.2 Å². The van der Waals surface area contributed by atoms with E-state index in [0.29, 0.717) is 25.0 Å². The summed E-state index contributed by atoms with van der Waals surface area (Å²) in [5, 5.41) is 3.74. The van der Waals surface area contributed by atoms with Crippen molar-refractivity contribution >= 4 is 53.1 Å². The number of nitrogens with zero attached hydrogens (tertiary/aromatic N) is 3. The molecule has 1 heterocycles. The number of benzene rings is 1. The Kier molecular flexibility index (Phi) is 8.27. The maximum Gasteiger partial charge on any atom is 0.220 e. The molecule has 2 fully saturated rings. The number of nitrogens with two attached hydrogens (primary N) is 1. The molecule has 2 aliphatic rings. The van der Waals surface area contributed by atoms with E-state index in [4.69, 9.17) is 17.3 Å². The summed E-state index contributed by atoms with van der Waals surface area (Å²) in [5.41, 5.74) is 7.28. The number of amides is 1. The molecule has 3 rings (SSSR count). The fourth-order valence-corrected chi connectivity index (χ4v) is 3.03. The Bertz CT molecular complexity index is 613. The Hall–Kier alpha value is -1.22. The first kappa shape index (κ1) is 21.1. The van der Waals surface area contributed by atoms with E-state index in [-0.39, 0.29) is 29.9 Å². The minimum absolute atomic E-state index is 0. The molecular weight excluding hydrogens is 465 g/mol. The lowest BCUT2D eigenvalue weighted by Gasteiger charge is -2.36. The van der Waals surface area contributed by atoms with Gasteiger partial charge in [0.15, 0.2) is 5.96 Å². The van der Waals surface area contributed by atoms with E-state index in [0.717, 1.165) is 50.5 Å². The topological polar surface area (TPSA) is 74.0 Å². The number of hydrogen-bond acceptors (Lipinski definition) is 3. The molecule has 1 aromatic rings. The van der Waals surface area contributed by atoms with Crippen molar-refractivity contribution in [2.45, 2.75) is 31.7 Å². The number of carbonyl (C=O) groups excluding carboxylic acids is 1. The molecule has 0 spiro atoms. The van der Waals surface area contributed by atoms with Crippen LogP contribution in [0.2, 0.25) is 5.02 Å². The molecule has 0 radical (unpaired) electrons. The zero-order chi connectivity index (χ0) is 17.6. The third-order valence-electron chi connectivity index (χ3n) is 4.57. The van der Waals surface area contributed by atoms with Crippen molar-refractivity contribution in [2.24, 2.45) is 10.7 Å². The first-order chi connectivity index (χ1) is 12.1. The van der Waals surface area contributed by atoms with Gasteiger partial charge in [-0.3, -0.25) is 9.79 Å². The number of nitrogens with one attached hydrogen (secondary N) is 1. The summed E-state index contributed by atoms with van der Waals surface area (Å²) < 4.78 is 0. The van der Waals surface area contributed by atoms with Gasteiger partial charge in [0, 0.05) is 55.9 Å². The second kappa shape index (κ2) is 10.2. The summed E-state index contributed by atoms with van der Waals surface area (Å²) in [7, 11) is 0. The number of rotatable bonds is 6. The predicted molar refractivity (Wildman–Crippen MR) is 118 cm³/mol. The van der Waals surface area contributed by atoms with Gasteiger partial charge in [0.1, 0.15) is 0 Å². The second-order valence-electron chi connectivity index (χ2n) is 6.64. The van der Waals surface area contributed by atoms with E-state index in [2.05, 4.69) is 20.1 Å². The van der Waals surface area contributed by atoms with Crippen molar-refractivity contribution in [3.63, 3.8) is 0 Å². The molecule has 144 valence electrons. The zero-order valence-electron chi connectivity index (χ0n) is 14.9. The summed E-state index contributed by atoms with van der Waals surface area (Å²) in [6.45, 7) is 4.10. The number of carbonyl (C=O) groups is 1. The van der Waals surface area contributed by atoms with Crippen LogP contribution in [0.5, 0.6) is 0 Å². The molecule has 0 bridgehead atoms. The van der Waals surface area contributed by atoms with Gasteiger partial charge in [0.25, 0.3) is 0 Å². The smallest absolute Gasteiger partial charge is 0.220 e. The van der Waals surface area contributed by atoms with Crippen LogP contribution in [0.15, 0.2) is 29.3 Å². The lowest BCUT2D eigenvalue weighted by molar-refractivity contribution is -0.121. The van der Waals surface area contributed by atoms with E-state index < -0.39 is 0 Å². The third-order valence-corrected chi connectivity index (χ3v) is 4.83. The quantitative estimate of drug-likeness (QED) is 0.277. The van der Waals surface area contributed by atoms with Crippen molar-refractivity contribution in [1.29, 1.82) is 0 Å². The highest BCUT2D eigenvalue weighted by molar-refractivity contribution is 14.0.